The maximum Gasteiger partial charge on any atom is 0.214 e. The fourth-order valence-corrected chi connectivity index (χ4v) is 8.66. The molecule has 1 unspecified atom stereocenters. The molecule has 0 bridgehead atoms. The second kappa shape index (κ2) is 9.75. The zero-order chi connectivity index (χ0) is 23.8. The van der Waals surface area contributed by atoms with Gasteiger partial charge in [-0.05, 0) is 88.3 Å². The van der Waals surface area contributed by atoms with E-state index in [0.717, 1.165) is 67.0 Å². The van der Waals surface area contributed by atoms with Gasteiger partial charge in [0, 0.05) is 42.3 Å². The Morgan fingerprint density at radius 3 is 2.60 bits per heavy atom. The summed E-state index contributed by atoms with van der Waals surface area (Å²) in [6.07, 6.45) is 14.0. The minimum atomic E-state index is -3.21. The highest BCUT2D eigenvalue weighted by molar-refractivity contribution is 7.89. The van der Waals surface area contributed by atoms with Crippen molar-refractivity contribution in [2.24, 2.45) is 11.8 Å². The number of aromatic amines is 1. The summed E-state index contributed by atoms with van der Waals surface area (Å²) < 4.78 is 28.5. The van der Waals surface area contributed by atoms with Gasteiger partial charge in [0.05, 0.1) is 23.8 Å². The van der Waals surface area contributed by atoms with Crippen LogP contribution in [-0.4, -0.2) is 76.0 Å². The number of H-pyrrole nitrogens is 1. The summed E-state index contributed by atoms with van der Waals surface area (Å²) in [5.74, 6) is 1.41. The maximum atomic E-state index is 13.4. The molecule has 0 radical (unpaired) electrons. The van der Waals surface area contributed by atoms with Gasteiger partial charge >= 0.3 is 0 Å². The van der Waals surface area contributed by atoms with Gasteiger partial charge < -0.3 is 9.88 Å². The van der Waals surface area contributed by atoms with Gasteiger partial charge in [-0.15, -0.1) is 0 Å². The van der Waals surface area contributed by atoms with Crippen LogP contribution >= 0.6 is 0 Å². The number of hydrogen-bond donors (Lipinski definition) is 1. The van der Waals surface area contributed by atoms with Crippen molar-refractivity contribution in [3.63, 3.8) is 0 Å². The minimum Gasteiger partial charge on any atom is -0.349 e. The predicted molar refractivity (Wildman–Crippen MR) is 138 cm³/mol. The van der Waals surface area contributed by atoms with Gasteiger partial charge in [-0.2, -0.15) is 0 Å². The molecular formula is C26H36N6O2S. The molecule has 1 saturated carbocycles. The molecule has 0 amide bonds. The number of fused-ring (bicyclic) bond motifs is 3. The van der Waals surface area contributed by atoms with Gasteiger partial charge in [0.1, 0.15) is 0 Å². The first-order valence-corrected chi connectivity index (χ1v) is 14.9. The predicted octanol–water partition coefficient (Wildman–Crippen LogP) is 3.92. The SMILES string of the molecule is O=S(=O)(CC1CCC(c2[nH]cnc3cnc4nccc4c23)CC1)N1CCCC(CN2CCCC2)C1. The van der Waals surface area contributed by atoms with Gasteiger partial charge in [-0.25, -0.2) is 27.7 Å². The monoisotopic (exact) mass is 496 g/mol. The summed E-state index contributed by atoms with van der Waals surface area (Å²) in [7, 11) is -3.21. The van der Waals surface area contributed by atoms with E-state index in [1.165, 1.54) is 31.6 Å². The van der Waals surface area contributed by atoms with Crippen LogP contribution in [0.1, 0.15) is 63.0 Å². The minimum absolute atomic E-state index is 0.241. The topological polar surface area (TPSA) is 95.1 Å². The first-order valence-electron chi connectivity index (χ1n) is 13.3. The van der Waals surface area contributed by atoms with Crippen molar-refractivity contribution in [1.29, 1.82) is 0 Å². The van der Waals surface area contributed by atoms with Crippen LogP contribution in [0.4, 0.5) is 0 Å². The fourth-order valence-electron chi connectivity index (χ4n) is 6.68. The number of piperidine rings is 1. The van der Waals surface area contributed by atoms with E-state index in [2.05, 4.69) is 24.8 Å². The highest BCUT2D eigenvalue weighted by Crippen LogP contribution is 2.39. The fraction of sp³-hybridized carbons (Fsp3) is 0.654. The molecule has 5 heterocycles. The van der Waals surface area contributed by atoms with E-state index in [0.29, 0.717) is 30.7 Å². The molecule has 9 heteroatoms. The lowest BCUT2D eigenvalue weighted by Crippen LogP contribution is -2.45. The highest BCUT2D eigenvalue weighted by Gasteiger charge is 2.34. The smallest absolute Gasteiger partial charge is 0.214 e. The van der Waals surface area contributed by atoms with Gasteiger partial charge in [0.25, 0.3) is 0 Å². The Hall–Kier alpha value is -2.10. The lowest BCUT2D eigenvalue weighted by atomic mass is 9.80. The molecular weight excluding hydrogens is 460 g/mol. The Balaban J connectivity index is 1.10. The van der Waals surface area contributed by atoms with Crippen molar-refractivity contribution in [3.8, 4) is 0 Å². The summed E-state index contributed by atoms with van der Waals surface area (Å²) >= 11 is 0. The summed E-state index contributed by atoms with van der Waals surface area (Å²) in [4.78, 5) is 19.2. The van der Waals surface area contributed by atoms with Crippen LogP contribution < -0.4 is 0 Å². The van der Waals surface area contributed by atoms with Gasteiger partial charge in [0.15, 0.2) is 5.65 Å². The molecule has 2 aliphatic heterocycles. The number of aromatic nitrogens is 4. The first-order chi connectivity index (χ1) is 17.1. The molecule has 0 spiro atoms. The van der Waals surface area contributed by atoms with Crippen LogP contribution in [0.5, 0.6) is 0 Å². The number of sulfonamides is 1. The molecule has 3 aliphatic rings. The average molecular weight is 497 g/mol. The van der Waals surface area contributed by atoms with Crippen molar-refractivity contribution >= 4 is 32.0 Å². The van der Waals surface area contributed by atoms with Crippen molar-refractivity contribution in [3.05, 3.63) is 30.5 Å². The van der Waals surface area contributed by atoms with Gasteiger partial charge in [-0.3, -0.25) is 0 Å². The Morgan fingerprint density at radius 2 is 1.77 bits per heavy atom. The lowest BCUT2D eigenvalue weighted by molar-refractivity contribution is 0.199. The average Bonchev–Trinajstić information content (AvgIpc) is 3.56. The van der Waals surface area contributed by atoms with Crippen molar-refractivity contribution < 1.29 is 8.42 Å². The second-order valence-electron chi connectivity index (χ2n) is 10.9. The Morgan fingerprint density at radius 1 is 0.943 bits per heavy atom. The molecule has 6 rings (SSSR count). The Kier molecular flexibility index (Phi) is 6.49. The summed E-state index contributed by atoms with van der Waals surface area (Å²) in [6, 6.07) is 2.01. The van der Waals surface area contributed by atoms with Crippen LogP contribution in [0.2, 0.25) is 0 Å². The van der Waals surface area contributed by atoms with E-state index in [1.54, 1.807) is 18.7 Å². The van der Waals surface area contributed by atoms with Crippen LogP contribution in [0.15, 0.2) is 24.8 Å². The summed E-state index contributed by atoms with van der Waals surface area (Å²) in [6.45, 7) is 4.84. The maximum absolute atomic E-state index is 13.4. The van der Waals surface area contributed by atoms with E-state index < -0.39 is 10.0 Å². The highest BCUT2D eigenvalue weighted by atomic mass is 32.2. The molecule has 3 fully saturated rings. The quantitative estimate of drug-likeness (QED) is 0.556. The largest absolute Gasteiger partial charge is 0.349 e. The molecule has 188 valence electrons. The third-order valence-corrected chi connectivity index (χ3v) is 10.5. The van der Waals surface area contributed by atoms with Gasteiger partial charge in [-0.1, -0.05) is 0 Å². The normalized spacial score (nSPS) is 27.1. The molecule has 8 nitrogen and oxygen atoms in total. The molecule has 1 atom stereocenters. The third kappa shape index (κ3) is 4.82. The summed E-state index contributed by atoms with van der Waals surface area (Å²) in [5, 5.41) is 2.16. The Labute approximate surface area is 207 Å². The molecule has 1 aliphatic carbocycles. The zero-order valence-corrected chi connectivity index (χ0v) is 21.2. The molecule has 3 aromatic rings. The Bertz CT molecular complexity index is 1280. The lowest BCUT2D eigenvalue weighted by Gasteiger charge is -2.35. The number of pyridine rings is 1. The van der Waals surface area contributed by atoms with E-state index in [4.69, 9.17) is 0 Å². The van der Waals surface area contributed by atoms with E-state index in [1.807, 2.05) is 10.4 Å². The number of nitrogens with one attached hydrogen (secondary N) is 1. The third-order valence-electron chi connectivity index (χ3n) is 8.50. The van der Waals surface area contributed by atoms with Gasteiger partial charge in [0.2, 0.25) is 10.0 Å². The van der Waals surface area contributed by atoms with Crippen molar-refractivity contribution in [1.82, 2.24) is 29.1 Å². The van der Waals surface area contributed by atoms with Crippen molar-refractivity contribution in [2.45, 2.75) is 57.3 Å². The van der Waals surface area contributed by atoms with E-state index in [-0.39, 0.29) is 5.92 Å². The summed E-state index contributed by atoms with van der Waals surface area (Å²) in [5.41, 5.74) is 2.83. The molecule has 2 saturated heterocycles. The van der Waals surface area contributed by atoms with E-state index in [9.17, 15) is 8.42 Å². The number of rotatable bonds is 6. The van der Waals surface area contributed by atoms with E-state index >= 15 is 0 Å². The van der Waals surface area contributed by atoms with Crippen molar-refractivity contribution in [2.75, 3.05) is 38.5 Å². The zero-order valence-electron chi connectivity index (χ0n) is 20.4. The number of hydrogen-bond acceptors (Lipinski definition) is 6. The van der Waals surface area contributed by atoms with Crippen LogP contribution in [0.25, 0.3) is 21.9 Å². The molecule has 1 N–H and O–H groups in total. The first kappa shape index (κ1) is 23.3. The van der Waals surface area contributed by atoms with Crippen LogP contribution in [0, 0.1) is 11.8 Å². The standard InChI is InChI=1S/C26H36N6O2S/c33-35(34,32-13-3-4-20(16-32)15-31-11-1-2-12-31)17-19-5-7-21(8-6-19)25-24-22-9-10-27-26(22)28-14-23(24)29-18-30-25/h9-10,14,18-21H,1-8,11-13,15-17H2,(H,29,30). The molecule has 35 heavy (non-hydrogen) atoms. The number of likely N-dealkylation sites (tertiary alicyclic amines) is 1. The number of nitrogens with zero attached hydrogens (tertiary/aromatic N) is 5. The molecule has 0 aromatic carbocycles. The molecule has 3 aromatic heterocycles. The van der Waals surface area contributed by atoms with Crippen LogP contribution in [0.3, 0.4) is 0 Å². The second-order valence-corrected chi connectivity index (χ2v) is 12.9. The van der Waals surface area contributed by atoms with Crippen LogP contribution in [-0.2, 0) is 10.0 Å².